The Kier molecular flexibility index (Phi) is 4.48. The zero-order valence-corrected chi connectivity index (χ0v) is 16.0. The van der Waals surface area contributed by atoms with Gasteiger partial charge in [-0.05, 0) is 68.2 Å². The molecule has 1 aromatic carbocycles. The van der Waals surface area contributed by atoms with Crippen LogP contribution in [-0.4, -0.2) is 16.0 Å². The Hall–Kier alpha value is -0.670. The molecule has 2 nitrogen and oxygen atoms in total. The van der Waals surface area contributed by atoms with E-state index in [4.69, 9.17) is 11.6 Å². The summed E-state index contributed by atoms with van der Waals surface area (Å²) in [6.07, 6.45) is 4.55. The van der Waals surface area contributed by atoms with Crippen LogP contribution in [0.1, 0.15) is 53.4 Å². The van der Waals surface area contributed by atoms with Crippen molar-refractivity contribution in [1.82, 2.24) is 0 Å². The van der Waals surface area contributed by atoms with Gasteiger partial charge in [0.2, 0.25) is 5.91 Å². The van der Waals surface area contributed by atoms with Crippen LogP contribution in [0.25, 0.3) is 0 Å². The van der Waals surface area contributed by atoms with Crippen molar-refractivity contribution in [2.75, 3.05) is 4.90 Å². The van der Waals surface area contributed by atoms with E-state index in [-0.39, 0.29) is 16.0 Å². The molecule has 0 aromatic heterocycles. The van der Waals surface area contributed by atoms with Gasteiger partial charge in [-0.2, -0.15) is 0 Å². The SMILES string of the molecule is CC1SC2(CCC(C(C)(C)C)CC2)N(c2ccc(Cl)cc2)C1=O. The maximum atomic E-state index is 12.8. The van der Waals surface area contributed by atoms with Gasteiger partial charge in [0.1, 0.15) is 0 Å². The Morgan fingerprint density at radius 1 is 1.17 bits per heavy atom. The highest BCUT2D eigenvalue weighted by molar-refractivity contribution is 8.02. The quantitative estimate of drug-likeness (QED) is 0.642. The Bertz CT molecular complexity index is 584. The Morgan fingerprint density at radius 2 is 1.74 bits per heavy atom. The van der Waals surface area contributed by atoms with Gasteiger partial charge in [0, 0.05) is 10.7 Å². The van der Waals surface area contributed by atoms with Crippen LogP contribution in [0, 0.1) is 11.3 Å². The van der Waals surface area contributed by atoms with Crippen molar-refractivity contribution < 1.29 is 4.79 Å². The van der Waals surface area contributed by atoms with Crippen molar-refractivity contribution >= 4 is 35.0 Å². The summed E-state index contributed by atoms with van der Waals surface area (Å²) >= 11 is 7.88. The molecule has 1 atom stereocenters. The van der Waals surface area contributed by atoms with Crippen LogP contribution in [0.15, 0.2) is 24.3 Å². The zero-order valence-electron chi connectivity index (χ0n) is 14.4. The van der Waals surface area contributed by atoms with E-state index in [9.17, 15) is 4.79 Å². The number of carbonyl (C=O) groups is 1. The predicted molar refractivity (Wildman–Crippen MR) is 100 cm³/mol. The van der Waals surface area contributed by atoms with Gasteiger partial charge in [0.05, 0.1) is 10.1 Å². The van der Waals surface area contributed by atoms with E-state index in [0.717, 1.165) is 24.4 Å². The molecule has 3 rings (SSSR count). The third kappa shape index (κ3) is 3.15. The Morgan fingerprint density at radius 3 is 2.26 bits per heavy atom. The fourth-order valence-electron chi connectivity index (χ4n) is 4.04. The minimum atomic E-state index is -0.0634. The summed E-state index contributed by atoms with van der Waals surface area (Å²) in [6.45, 7) is 9.05. The number of thioether (sulfide) groups is 1. The molecule has 0 radical (unpaired) electrons. The molecule has 2 aliphatic rings. The van der Waals surface area contributed by atoms with Crippen LogP contribution in [0.5, 0.6) is 0 Å². The van der Waals surface area contributed by atoms with E-state index < -0.39 is 0 Å². The molecule has 1 saturated carbocycles. The van der Waals surface area contributed by atoms with Crippen molar-refractivity contribution in [2.24, 2.45) is 11.3 Å². The van der Waals surface area contributed by atoms with Gasteiger partial charge in [-0.3, -0.25) is 9.69 Å². The largest absolute Gasteiger partial charge is 0.296 e. The number of hydrogen-bond acceptors (Lipinski definition) is 2. The second-order valence-electron chi connectivity index (χ2n) is 8.00. The third-order valence-electron chi connectivity index (χ3n) is 5.45. The molecule has 1 saturated heterocycles. The maximum absolute atomic E-state index is 12.8. The number of anilines is 1. The fraction of sp³-hybridized carbons (Fsp3) is 0.632. The number of benzene rings is 1. The third-order valence-corrected chi connectivity index (χ3v) is 7.28. The van der Waals surface area contributed by atoms with Crippen molar-refractivity contribution in [3.63, 3.8) is 0 Å². The summed E-state index contributed by atoms with van der Waals surface area (Å²) in [4.78, 5) is 14.8. The normalized spacial score (nSPS) is 31.9. The molecule has 1 spiro atoms. The highest BCUT2D eigenvalue weighted by Crippen LogP contribution is 2.54. The van der Waals surface area contributed by atoms with Crippen LogP contribution in [0.2, 0.25) is 5.02 Å². The molecule has 1 aromatic rings. The Labute approximate surface area is 149 Å². The van der Waals surface area contributed by atoms with Crippen molar-refractivity contribution in [2.45, 2.75) is 63.5 Å². The van der Waals surface area contributed by atoms with Crippen LogP contribution in [-0.2, 0) is 4.79 Å². The average molecular weight is 352 g/mol. The molecular formula is C19H26ClNOS. The van der Waals surface area contributed by atoms with Gasteiger partial charge >= 0.3 is 0 Å². The smallest absolute Gasteiger partial charge is 0.241 e. The first-order chi connectivity index (χ1) is 10.7. The molecule has 1 aliphatic heterocycles. The molecule has 1 aliphatic carbocycles. The summed E-state index contributed by atoms with van der Waals surface area (Å²) in [7, 11) is 0. The lowest BCUT2D eigenvalue weighted by atomic mass is 9.71. The first-order valence-electron chi connectivity index (χ1n) is 8.50. The minimum absolute atomic E-state index is 0.0388. The first kappa shape index (κ1) is 17.2. The van der Waals surface area contributed by atoms with Crippen LogP contribution < -0.4 is 4.90 Å². The van der Waals surface area contributed by atoms with Crippen molar-refractivity contribution in [3.8, 4) is 0 Å². The molecule has 0 bridgehead atoms. The standard InChI is InChI=1S/C19H26ClNOS/c1-13-17(22)21(16-7-5-15(20)6-8-16)19(23-13)11-9-14(10-12-19)18(2,3)4/h5-8,13-14H,9-12H2,1-4H3. The molecule has 0 N–H and O–H groups in total. The zero-order chi connectivity index (χ0) is 16.8. The molecule has 1 unspecified atom stereocenters. The summed E-state index contributed by atoms with van der Waals surface area (Å²) in [6, 6.07) is 7.73. The van der Waals surface area contributed by atoms with E-state index in [0.29, 0.717) is 10.4 Å². The summed E-state index contributed by atoms with van der Waals surface area (Å²) in [5.41, 5.74) is 1.34. The average Bonchev–Trinajstić information content (AvgIpc) is 2.71. The highest BCUT2D eigenvalue weighted by atomic mass is 35.5. The highest BCUT2D eigenvalue weighted by Gasteiger charge is 2.52. The number of amides is 1. The summed E-state index contributed by atoms with van der Waals surface area (Å²) < 4.78 is 0. The first-order valence-corrected chi connectivity index (χ1v) is 9.76. The van der Waals surface area contributed by atoms with Crippen LogP contribution >= 0.6 is 23.4 Å². The number of hydrogen-bond donors (Lipinski definition) is 0. The maximum Gasteiger partial charge on any atom is 0.241 e. The molecular weight excluding hydrogens is 326 g/mol. The number of nitrogens with zero attached hydrogens (tertiary/aromatic N) is 1. The van der Waals surface area contributed by atoms with E-state index in [1.807, 2.05) is 43.0 Å². The van der Waals surface area contributed by atoms with Gasteiger partial charge < -0.3 is 0 Å². The summed E-state index contributed by atoms with van der Waals surface area (Å²) in [5, 5.41) is 0.753. The lowest BCUT2D eigenvalue weighted by molar-refractivity contribution is -0.118. The van der Waals surface area contributed by atoms with Gasteiger partial charge in [0.15, 0.2) is 0 Å². The number of rotatable bonds is 1. The lowest BCUT2D eigenvalue weighted by Gasteiger charge is -2.45. The van der Waals surface area contributed by atoms with Crippen molar-refractivity contribution in [3.05, 3.63) is 29.3 Å². The second-order valence-corrected chi connectivity index (χ2v) is 10.1. The van der Waals surface area contributed by atoms with Crippen LogP contribution in [0.4, 0.5) is 5.69 Å². The van der Waals surface area contributed by atoms with Crippen LogP contribution in [0.3, 0.4) is 0 Å². The molecule has 4 heteroatoms. The fourth-order valence-corrected chi connectivity index (χ4v) is 5.81. The molecule has 23 heavy (non-hydrogen) atoms. The monoisotopic (exact) mass is 351 g/mol. The number of halogens is 1. The number of carbonyl (C=O) groups excluding carboxylic acids is 1. The van der Waals surface area contributed by atoms with Gasteiger partial charge in [-0.15, -0.1) is 11.8 Å². The Balaban J connectivity index is 1.88. The second kappa shape index (κ2) is 6.00. The topological polar surface area (TPSA) is 20.3 Å². The van der Waals surface area contributed by atoms with Gasteiger partial charge in [-0.25, -0.2) is 0 Å². The van der Waals surface area contributed by atoms with E-state index >= 15 is 0 Å². The van der Waals surface area contributed by atoms with Crippen molar-refractivity contribution in [1.29, 1.82) is 0 Å². The lowest BCUT2D eigenvalue weighted by Crippen LogP contribution is -2.48. The molecule has 1 amide bonds. The van der Waals surface area contributed by atoms with Gasteiger partial charge in [0.25, 0.3) is 0 Å². The molecule has 126 valence electrons. The van der Waals surface area contributed by atoms with E-state index in [1.165, 1.54) is 12.8 Å². The van der Waals surface area contributed by atoms with E-state index in [2.05, 4.69) is 25.7 Å². The molecule has 2 fully saturated rings. The van der Waals surface area contributed by atoms with E-state index in [1.54, 1.807) is 0 Å². The minimum Gasteiger partial charge on any atom is -0.296 e. The summed E-state index contributed by atoms with van der Waals surface area (Å²) in [5.74, 6) is 0.985. The van der Waals surface area contributed by atoms with Gasteiger partial charge in [-0.1, -0.05) is 32.4 Å². The predicted octanol–water partition coefficient (Wildman–Crippen LogP) is 5.74. The molecule has 1 heterocycles.